The Kier molecular flexibility index (Phi) is 4.94. The average molecular weight is 307 g/mol. The van der Waals surface area contributed by atoms with Crippen LogP contribution in [-0.4, -0.2) is 39.2 Å². The Morgan fingerprint density at radius 3 is 2.90 bits per heavy atom. The third-order valence-electron chi connectivity index (χ3n) is 3.39. The Hall–Kier alpha value is -1.91. The van der Waals surface area contributed by atoms with Crippen LogP contribution in [0.5, 0.6) is 0 Å². The first-order valence-corrected chi connectivity index (χ1v) is 8.39. The van der Waals surface area contributed by atoms with Crippen molar-refractivity contribution in [2.24, 2.45) is 0 Å². The summed E-state index contributed by atoms with van der Waals surface area (Å²) in [6.07, 6.45) is 1.18. The third kappa shape index (κ3) is 4.28. The van der Waals surface area contributed by atoms with Gasteiger partial charge < -0.3 is 10.6 Å². The number of sulfone groups is 1. The van der Waals surface area contributed by atoms with Gasteiger partial charge in [-0.3, -0.25) is 4.79 Å². The molecule has 1 amide bonds. The van der Waals surface area contributed by atoms with Crippen molar-refractivity contribution in [2.45, 2.75) is 23.8 Å². The molecule has 112 valence electrons. The maximum atomic E-state index is 12.2. The topological polar surface area (TPSA) is 99.1 Å². The predicted molar refractivity (Wildman–Crippen MR) is 77.2 cm³/mol. The molecule has 1 unspecified atom stereocenters. The molecule has 1 saturated heterocycles. The molecule has 2 rings (SSSR count). The van der Waals surface area contributed by atoms with Crippen LogP contribution in [0, 0.1) is 11.3 Å². The van der Waals surface area contributed by atoms with Crippen molar-refractivity contribution in [3.63, 3.8) is 0 Å². The summed E-state index contributed by atoms with van der Waals surface area (Å²) in [6.45, 7) is 0.850. The lowest BCUT2D eigenvalue weighted by Gasteiger charge is -2.23. The Bertz CT molecular complexity index is 654. The van der Waals surface area contributed by atoms with Gasteiger partial charge >= 0.3 is 0 Å². The molecular weight excluding hydrogens is 290 g/mol. The van der Waals surface area contributed by atoms with Gasteiger partial charge in [-0.25, -0.2) is 8.42 Å². The Labute approximate surface area is 124 Å². The Morgan fingerprint density at radius 2 is 2.24 bits per heavy atom. The lowest BCUT2D eigenvalue weighted by molar-refractivity contribution is -0.122. The van der Waals surface area contributed by atoms with E-state index in [0.717, 1.165) is 6.42 Å². The summed E-state index contributed by atoms with van der Waals surface area (Å²) in [6, 6.07) is 8.06. The van der Waals surface area contributed by atoms with Gasteiger partial charge in [0.05, 0.1) is 22.3 Å². The van der Waals surface area contributed by atoms with E-state index in [0.29, 0.717) is 25.1 Å². The second-order valence-corrected chi connectivity index (χ2v) is 7.06. The summed E-state index contributed by atoms with van der Waals surface area (Å²) >= 11 is 0. The molecule has 1 aliphatic heterocycles. The van der Waals surface area contributed by atoms with Crippen LogP contribution in [0.2, 0.25) is 0 Å². The highest BCUT2D eigenvalue weighted by Gasteiger charge is 2.19. The number of piperidine rings is 1. The molecule has 0 bridgehead atoms. The van der Waals surface area contributed by atoms with E-state index in [1.54, 1.807) is 12.1 Å². The van der Waals surface area contributed by atoms with E-state index in [2.05, 4.69) is 10.6 Å². The fourth-order valence-electron chi connectivity index (χ4n) is 2.18. The van der Waals surface area contributed by atoms with Crippen LogP contribution in [0.25, 0.3) is 0 Å². The monoisotopic (exact) mass is 307 g/mol. The van der Waals surface area contributed by atoms with Crippen molar-refractivity contribution in [3.8, 4) is 6.07 Å². The summed E-state index contributed by atoms with van der Waals surface area (Å²) in [4.78, 5) is 11.2. The van der Waals surface area contributed by atoms with Crippen molar-refractivity contribution >= 4 is 15.7 Å². The number of hydrogen-bond donors (Lipinski definition) is 2. The summed E-state index contributed by atoms with van der Waals surface area (Å²) in [5.74, 6) is 0.000713. The van der Waals surface area contributed by atoms with Gasteiger partial charge in [0.15, 0.2) is 9.84 Å². The van der Waals surface area contributed by atoms with Gasteiger partial charge in [0.1, 0.15) is 0 Å². The van der Waals surface area contributed by atoms with Crippen LogP contribution in [0.3, 0.4) is 0 Å². The van der Waals surface area contributed by atoms with Crippen molar-refractivity contribution < 1.29 is 13.2 Å². The number of hydrogen-bond acceptors (Lipinski definition) is 5. The molecule has 1 aromatic carbocycles. The van der Waals surface area contributed by atoms with Crippen LogP contribution < -0.4 is 10.6 Å². The first-order valence-electron chi connectivity index (χ1n) is 6.74. The number of nitrogens with one attached hydrogen (secondary N) is 2. The number of rotatable bonds is 5. The van der Waals surface area contributed by atoms with Gasteiger partial charge in [-0.1, -0.05) is 6.07 Å². The molecule has 0 saturated carbocycles. The van der Waals surface area contributed by atoms with Crippen molar-refractivity contribution in [1.29, 1.82) is 5.26 Å². The maximum absolute atomic E-state index is 12.2. The van der Waals surface area contributed by atoms with E-state index < -0.39 is 9.84 Å². The Balaban J connectivity index is 1.89. The quantitative estimate of drug-likeness (QED) is 0.809. The fraction of sp³-hybridized carbons (Fsp3) is 0.429. The molecule has 1 fully saturated rings. The minimum Gasteiger partial charge on any atom is -0.355 e. The first kappa shape index (κ1) is 15.5. The fourth-order valence-corrected chi connectivity index (χ4v) is 3.40. The average Bonchev–Trinajstić information content (AvgIpc) is 2.49. The molecule has 6 nitrogen and oxygen atoms in total. The SMILES string of the molecule is N#Cc1cccc(S(=O)(=O)CCNC2CCC(=O)NC2)c1. The van der Waals surface area contributed by atoms with Gasteiger partial charge in [0.2, 0.25) is 5.91 Å². The second-order valence-electron chi connectivity index (χ2n) is 4.95. The number of nitrogens with zero attached hydrogens (tertiary/aromatic N) is 1. The van der Waals surface area contributed by atoms with Crippen LogP contribution >= 0.6 is 0 Å². The molecule has 0 spiro atoms. The molecule has 0 radical (unpaired) electrons. The summed E-state index contributed by atoms with van der Waals surface area (Å²) in [5, 5.41) is 14.7. The Morgan fingerprint density at radius 1 is 1.43 bits per heavy atom. The molecule has 0 aromatic heterocycles. The highest BCUT2D eigenvalue weighted by Crippen LogP contribution is 2.12. The van der Waals surface area contributed by atoms with Crippen molar-refractivity contribution in [2.75, 3.05) is 18.8 Å². The van der Waals surface area contributed by atoms with Crippen molar-refractivity contribution in [1.82, 2.24) is 10.6 Å². The van der Waals surface area contributed by atoms with Gasteiger partial charge in [-0.15, -0.1) is 0 Å². The van der Waals surface area contributed by atoms with Gasteiger partial charge in [0, 0.05) is 25.6 Å². The lowest BCUT2D eigenvalue weighted by Crippen LogP contribution is -2.46. The smallest absolute Gasteiger partial charge is 0.220 e. The molecule has 1 heterocycles. The minimum absolute atomic E-state index is 0.0354. The largest absolute Gasteiger partial charge is 0.355 e. The molecule has 1 atom stereocenters. The van der Waals surface area contributed by atoms with Gasteiger partial charge in [-0.2, -0.15) is 5.26 Å². The normalized spacial score (nSPS) is 18.8. The zero-order valence-electron chi connectivity index (χ0n) is 11.5. The lowest BCUT2D eigenvalue weighted by atomic mass is 10.1. The number of carbonyl (C=O) groups is 1. The molecule has 2 N–H and O–H groups in total. The van der Waals surface area contributed by atoms with Crippen molar-refractivity contribution in [3.05, 3.63) is 29.8 Å². The summed E-state index contributed by atoms with van der Waals surface area (Å²) in [7, 11) is -3.41. The van der Waals surface area contributed by atoms with Crippen LogP contribution in [0.1, 0.15) is 18.4 Å². The third-order valence-corrected chi connectivity index (χ3v) is 5.11. The van der Waals surface area contributed by atoms with Gasteiger partial charge in [0.25, 0.3) is 0 Å². The van der Waals surface area contributed by atoms with E-state index in [4.69, 9.17) is 5.26 Å². The second kappa shape index (κ2) is 6.70. The summed E-state index contributed by atoms with van der Waals surface area (Å²) < 4.78 is 24.3. The highest BCUT2D eigenvalue weighted by molar-refractivity contribution is 7.91. The molecule has 0 aliphatic carbocycles. The highest BCUT2D eigenvalue weighted by atomic mass is 32.2. The number of benzene rings is 1. The van der Waals surface area contributed by atoms with Gasteiger partial charge in [-0.05, 0) is 24.6 Å². The van der Waals surface area contributed by atoms with E-state index >= 15 is 0 Å². The van der Waals surface area contributed by atoms with E-state index in [-0.39, 0.29) is 22.6 Å². The first-order chi connectivity index (χ1) is 10.0. The summed E-state index contributed by atoms with van der Waals surface area (Å²) in [5.41, 5.74) is 0.332. The number of nitriles is 1. The van der Waals surface area contributed by atoms with E-state index in [9.17, 15) is 13.2 Å². The predicted octanol–water partition coefficient (Wildman–Crippen LogP) is 0.200. The molecule has 21 heavy (non-hydrogen) atoms. The van der Waals surface area contributed by atoms with E-state index in [1.165, 1.54) is 12.1 Å². The number of carbonyl (C=O) groups excluding carboxylic acids is 1. The van der Waals surface area contributed by atoms with E-state index in [1.807, 2.05) is 6.07 Å². The van der Waals surface area contributed by atoms with Crippen LogP contribution in [0.4, 0.5) is 0 Å². The maximum Gasteiger partial charge on any atom is 0.220 e. The van der Waals surface area contributed by atoms with Crippen LogP contribution in [0.15, 0.2) is 29.2 Å². The molecule has 7 heteroatoms. The van der Waals surface area contributed by atoms with Crippen LogP contribution in [-0.2, 0) is 14.6 Å². The molecular formula is C14H17N3O3S. The zero-order valence-corrected chi connectivity index (χ0v) is 12.3. The standard InChI is InChI=1S/C14H17N3O3S/c15-9-11-2-1-3-13(8-11)21(19,20)7-6-16-12-4-5-14(18)17-10-12/h1-3,8,12,16H,4-7,10H2,(H,17,18). The molecule has 1 aliphatic rings. The minimum atomic E-state index is -3.41. The number of amides is 1. The zero-order chi connectivity index (χ0) is 15.3. The molecule has 1 aromatic rings.